The zero-order chi connectivity index (χ0) is 22.9. The first-order chi connectivity index (χ1) is 14.6. The number of carbonyl (C=O) groups is 1. The highest BCUT2D eigenvalue weighted by Crippen LogP contribution is 2.34. The number of rotatable bonds is 4. The lowest BCUT2D eigenvalue weighted by Gasteiger charge is -2.19. The third-order valence-corrected chi connectivity index (χ3v) is 5.94. The van der Waals surface area contributed by atoms with Gasteiger partial charge in [0.05, 0.1) is 5.57 Å². The van der Waals surface area contributed by atoms with Crippen molar-refractivity contribution in [3.63, 3.8) is 0 Å². The van der Waals surface area contributed by atoms with Crippen molar-refractivity contribution in [1.29, 1.82) is 0 Å². The molecule has 0 saturated heterocycles. The van der Waals surface area contributed by atoms with Gasteiger partial charge in [0.2, 0.25) is 0 Å². The largest absolute Gasteiger partial charge is 0.506 e. The maximum Gasteiger partial charge on any atom is 0.260 e. The van der Waals surface area contributed by atoms with Crippen molar-refractivity contribution in [2.24, 2.45) is 0 Å². The van der Waals surface area contributed by atoms with Gasteiger partial charge >= 0.3 is 0 Å². The zero-order valence-electron chi connectivity index (χ0n) is 18.9. The molecule has 4 heteroatoms. The van der Waals surface area contributed by atoms with E-state index in [-0.39, 0.29) is 17.2 Å². The fourth-order valence-corrected chi connectivity index (χ4v) is 4.58. The van der Waals surface area contributed by atoms with Crippen molar-refractivity contribution in [2.45, 2.75) is 41.5 Å². The fraction of sp³-hybridized carbons (Fsp3) is 0.222. The van der Waals surface area contributed by atoms with E-state index in [2.05, 4.69) is 21.2 Å². The van der Waals surface area contributed by atoms with Gasteiger partial charge in [0.15, 0.2) is 0 Å². The summed E-state index contributed by atoms with van der Waals surface area (Å²) < 4.78 is 0.931. The Morgan fingerprint density at radius 2 is 1.16 bits per heavy atom. The quantitative estimate of drug-likeness (QED) is 0.234. The number of hydrogen-bond acceptors (Lipinski definition) is 2. The minimum Gasteiger partial charge on any atom is -0.506 e. The molecule has 0 aliphatic carbocycles. The number of halogens is 1. The molecule has 0 bridgehead atoms. The van der Waals surface area contributed by atoms with Crippen molar-refractivity contribution in [1.82, 2.24) is 0 Å². The van der Waals surface area contributed by atoms with E-state index < -0.39 is 0 Å². The minimum atomic E-state index is -0.339. The van der Waals surface area contributed by atoms with Crippen LogP contribution in [0.2, 0.25) is 0 Å². The normalized spacial score (nSPS) is 11.8. The number of aliphatic hydroxyl groups is 1. The van der Waals surface area contributed by atoms with Crippen LogP contribution in [0.5, 0.6) is 0 Å². The van der Waals surface area contributed by atoms with E-state index in [1.807, 2.05) is 90.1 Å². The highest BCUT2D eigenvalue weighted by atomic mass is 79.9. The van der Waals surface area contributed by atoms with Gasteiger partial charge in [-0.2, -0.15) is 0 Å². The molecular weight excluding hydrogens is 450 g/mol. The van der Waals surface area contributed by atoms with Gasteiger partial charge in [-0.15, -0.1) is 0 Å². The standard InChI is InChI=1S/C27H28BrNO2/c1-15-11-17(3)23(18(4)12-15)25(27(31)29-22-9-7-21(28)8-10-22)26(30)24-19(5)13-16(2)14-20(24)6/h7-14,30H,1-6H3,(H,29,31)/b26-25-. The first kappa shape index (κ1) is 22.8. The van der Waals surface area contributed by atoms with E-state index in [9.17, 15) is 9.90 Å². The third-order valence-electron chi connectivity index (χ3n) is 5.41. The number of aryl methyl sites for hydroxylation is 6. The molecule has 0 heterocycles. The highest BCUT2D eigenvalue weighted by Gasteiger charge is 2.24. The maximum absolute atomic E-state index is 13.6. The Balaban J connectivity index is 2.26. The summed E-state index contributed by atoms with van der Waals surface area (Å²) in [7, 11) is 0. The summed E-state index contributed by atoms with van der Waals surface area (Å²) in [5.41, 5.74) is 8.43. The lowest BCUT2D eigenvalue weighted by atomic mass is 9.88. The van der Waals surface area contributed by atoms with Crippen molar-refractivity contribution in [3.05, 3.63) is 97.5 Å². The molecule has 0 aliphatic rings. The smallest absolute Gasteiger partial charge is 0.260 e. The molecule has 0 fully saturated rings. The zero-order valence-corrected chi connectivity index (χ0v) is 20.4. The fourth-order valence-electron chi connectivity index (χ4n) is 4.32. The van der Waals surface area contributed by atoms with Gasteiger partial charge in [-0.1, -0.05) is 51.3 Å². The van der Waals surface area contributed by atoms with Crippen molar-refractivity contribution >= 4 is 38.9 Å². The monoisotopic (exact) mass is 477 g/mol. The predicted molar refractivity (Wildman–Crippen MR) is 134 cm³/mol. The summed E-state index contributed by atoms with van der Waals surface area (Å²) >= 11 is 3.42. The lowest BCUT2D eigenvalue weighted by molar-refractivity contribution is -0.111. The summed E-state index contributed by atoms with van der Waals surface area (Å²) in [4.78, 5) is 13.6. The number of carbonyl (C=O) groups excluding carboxylic acids is 1. The molecule has 2 N–H and O–H groups in total. The molecule has 0 radical (unpaired) electrons. The molecule has 0 atom stereocenters. The summed E-state index contributed by atoms with van der Waals surface area (Å²) in [6.07, 6.45) is 0. The summed E-state index contributed by atoms with van der Waals surface area (Å²) in [5, 5.41) is 14.5. The second kappa shape index (κ2) is 9.11. The molecule has 160 valence electrons. The van der Waals surface area contributed by atoms with E-state index in [0.717, 1.165) is 43.4 Å². The molecule has 0 aliphatic heterocycles. The highest BCUT2D eigenvalue weighted by molar-refractivity contribution is 9.10. The van der Waals surface area contributed by atoms with Crippen LogP contribution < -0.4 is 5.32 Å². The van der Waals surface area contributed by atoms with E-state index in [4.69, 9.17) is 0 Å². The Morgan fingerprint density at radius 3 is 1.61 bits per heavy atom. The Kier molecular flexibility index (Phi) is 6.71. The SMILES string of the molecule is Cc1cc(C)c(/C(O)=C(/C(=O)Nc2ccc(Br)cc2)c2c(C)cc(C)cc2C)c(C)c1. The van der Waals surface area contributed by atoms with Crippen LogP contribution in [0, 0.1) is 41.5 Å². The second-order valence-electron chi connectivity index (χ2n) is 8.23. The molecule has 0 spiro atoms. The van der Waals surface area contributed by atoms with Crippen molar-refractivity contribution in [2.75, 3.05) is 5.32 Å². The van der Waals surface area contributed by atoms with Crippen molar-refractivity contribution in [3.8, 4) is 0 Å². The van der Waals surface area contributed by atoms with Crippen LogP contribution >= 0.6 is 15.9 Å². The maximum atomic E-state index is 13.6. The number of amides is 1. The van der Waals surface area contributed by atoms with Gasteiger partial charge in [-0.25, -0.2) is 0 Å². The predicted octanol–water partition coefficient (Wildman–Crippen LogP) is 7.36. The Hall–Kier alpha value is -2.85. The van der Waals surface area contributed by atoms with Crippen LogP contribution in [0.1, 0.15) is 44.5 Å². The molecule has 1 amide bonds. The molecule has 31 heavy (non-hydrogen) atoms. The molecule has 0 saturated carbocycles. The minimum absolute atomic E-state index is 0.000310. The first-order valence-electron chi connectivity index (χ1n) is 10.2. The second-order valence-corrected chi connectivity index (χ2v) is 9.15. The average Bonchev–Trinajstić information content (AvgIpc) is 2.65. The molecular formula is C27H28BrNO2. The first-order valence-corrected chi connectivity index (χ1v) is 11.0. The van der Waals surface area contributed by atoms with Crippen LogP contribution in [0.25, 0.3) is 11.3 Å². The van der Waals surface area contributed by atoms with Crippen LogP contribution in [0.4, 0.5) is 5.69 Å². The number of aliphatic hydroxyl groups excluding tert-OH is 1. The molecule has 3 aromatic carbocycles. The van der Waals surface area contributed by atoms with Gasteiger partial charge in [0.25, 0.3) is 5.91 Å². The van der Waals surface area contributed by atoms with Gasteiger partial charge < -0.3 is 10.4 Å². The van der Waals surface area contributed by atoms with E-state index in [1.165, 1.54) is 0 Å². The van der Waals surface area contributed by atoms with Gasteiger partial charge in [-0.05, 0) is 93.6 Å². The Labute approximate surface area is 193 Å². The molecule has 3 aromatic rings. The number of benzene rings is 3. The lowest BCUT2D eigenvalue weighted by Crippen LogP contribution is -2.17. The molecule has 3 nitrogen and oxygen atoms in total. The molecule has 0 unspecified atom stereocenters. The summed E-state index contributed by atoms with van der Waals surface area (Å²) in [5.74, 6) is -0.339. The number of nitrogens with one attached hydrogen (secondary N) is 1. The van der Waals surface area contributed by atoms with Gasteiger partial charge in [-0.3, -0.25) is 4.79 Å². The van der Waals surface area contributed by atoms with Crippen LogP contribution in [0.3, 0.4) is 0 Å². The Morgan fingerprint density at radius 1 is 0.742 bits per heavy atom. The average molecular weight is 478 g/mol. The van der Waals surface area contributed by atoms with Crippen LogP contribution in [-0.2, 0) is 4.79 Å². The van der Waals surface area contributed by atoms with Gasteiger partial charge in [0, 0.05) is 15.7 Å². The topological polar surface area (TPSA) is 49.3 Å². The molecule has 3 rings (SSSR count). The van der Waals surface area contributed by atoms with E-state index in [0.29, 0.717) is 11.3 Å². The summed E-state index contributed by atoms with van der Waals surface area (Å²) in [6.45, 7) is 11.9. The molecule has 0 aromatic heterocycles. The summed E-state index contributed by atoms with van der Waals surface area (Å²) in [6, 6.07) is 15.5. The van der Waals surface area contributed by atoms with Crippen LogP contribution in [-0.4, -0.2) is 11.0 Å². The Bertz CT molecular complexity index is 1140. The number of anilines is 1. The van der Waals surface area contributed by atoms with Crippen molar-refractivity contribution < 1.29 is 9.90 Å². The van der Waals surface area contributed by atoms with E-state index >= 15 is 0 Å². The van der Waals surface area contributed by atoms with Crippen LogP contribution in [0.15, 0.2) is 53.0 Å². The van der Waals surface area contributed by atoms with Gasteiger partial charge in [0.1, 0.15) is 5.76 Å². The van der Waals surface area contributed by atoms with E-state index in [1.54, 1.807) is 0 Å². The third kappa shape index (κ3) is 4.91. The number of hydrogen-bond donors (Lipinski definition) is 2.